The number of nitrogens with zero attached hydrogens (tertiary/aromatic N) is 1. The Hall–Kier alpha value is -0.590. The third-order valence-corrected chi connectivity index (χ3v) is 0. The second-order valence-electron chi connectivity index (χ2n) is 0.238. The van der Waals surface area contributed by atoms with E-state index in [2.05, 4.69) is 0 Å². The van der Waals surface area contributed by atoms with Crippen molar-refractivity contribution in [3.05, 3.63) is 10.1 Å². The Bertz CT molecular complexity index is 33.2. The predicted molar refractivity (Wildman–Crippen MR) is 26.1 cm³/mol. The summed E-state index contributed by atoms with van der Waals surface area (Å²) >= 11 is 0. The van der Waals surface area contributed by atoms with Gasteiger partial charge in [0.05, 0.1) is 0 Å². The second-order valence-corrected chi connectivity index (χ2v) is 0.238. The van der Waals surface area contributed by atoms with Crippen LogP contribution in [-0.2, 0) is 0 Å². The molecule has 7 heteroatoms. The highest BCUT2D eigenvalue weighted by Crippen LogP contribution is 1.38. The van der Waals surface area contributed by atoms with Gasteiger partial charge in [-0.1, -0.05) is 0 Å². The van der Waals surface area contributed by atoms with E-state index in [1.54, 1.807) is 0 Å². The molecule has 7 N–H and O–H groups in total. The molecule has 0 saturated carbocycles. The van der Waals surface area contributed by atoms with Crippen molar-refractivity contribution in [3.8, 4) is 0 Å². The molecule has 0 amide bonds. The molecule has 0 radical (unpaired) electrons. The SMILES string of the molecule is Cl.N.N.O=[N+]([O-])O. The average molecular weight is 134 g/mol. The molecule has 0 atom stereocenters. The van der Waals surface area contributed by atoms with E-state index in [0.29, 0.717) is 0 Å². The molecular weight excluding hydrogens is 125 g/mol. The summed E-state index contributed by atoms with van der Waals surface area (Å²) in [7, 11) is 0. The summed E-state index contributed by atoms with van der Waals surface area (Å²) in [4.78, 5) is 8.36. The molecular formula is H8ClN3O3. The highest BCUT2D eigenvalue weighted by molar-refractivity contribution is 5.85. The highest BCUT2D eigenvalue weighted by Gasteiger charge is 1.65. The quantitative estimate of drug-likeness (QED) is 0.325. The molecule has 0 bridgehead atoms. The van der Waals surface area contributed by atoms with Crippen LogP contribution in [0.4, 0.5) is 0 Å². The molecule has 48 valence electrons. The molecule has 0 aromatic rings. The first-order valence-electron chi connectivity index (χ1n) is 0.565. The van der Waals surface area contributed by atoms with Crippen molar-refractivity contribution < 1.29 is 10.3 Å². The van der Waals surface area contributed by atoms with E-state index in [1.165, 1.54) is 0 Å². The van der Waals surface area contributed by atoms with Crippen LogP contribution in [-0.4, -0.2) is 10.3 Å². The van der Waals surface area contributed by atoms with Crippen LogP contribution in [0.3, 0.4) is 0 Å². The minimum absolute atomic E-state index is 0. The van der Waals surface area contributed by atoms with Gasteiger partial charge in [0.15, 0.2) is 0 Å². The van der Waals surface area contributed by atoms with Gasteiger partial charge in [0.2, 0.25) is 0 Å². The number of rotatable bonds is 0. The minimum atomic E-state index is -1.50. The van der Waals surface area contributed by atoms with E-state index in [1.807, 2.05) is 0 Å². The third kappa shape index (κ3) is 181. The lowest BCUT2D eigenvalue weighted by atomic mass is 13.1. The summed E-state index contributed by atoms with van der Waals surface area (Å²) in [6, 6.07) is 0. The Balaban J connectivity index is -0.0000000150. The monoisotopic (exact) mass is 133 g/mol. The molecule has 0 aliphatic rings. The van der Waals surface area contributed by atoms with Gasteiger partial charge in [0, 0.05) is 0 Å². The average Bonchev–Trinajstić information content (AvgIpc) is 0.811. The maximum atomic E-state index is 8.36. The number of hydrogen-bond donors (Lipinski definition) is 3. The van der Waals surface area contributed by atoms with Crippen molar-refractivity contribution in [3.63, 3.8) is 0 Å². The molecule has 0 aromatic heterocycles. The Morgan fingerprint density at radius 3 is 1.43 bits per heavy atom. The topological polar surface area (TPSA) is 133 Å². The highest BCUT2D eigenvalue weighted by atomic mass is 35.5. The van der Waals surface area contributed by atoms with Gasteiger partial charge in [-0.05, 0) is 0 Å². The lowest BCUT2D eigenvalue weighted by Gasteiger charge is -1.56. The van der Waals surface area contributed by atoms with E-state index in [-0.39, 0.29) is 24.7 Å². The summed E-state index contributed by atoms with van der Waals surface area (Å²) in [5.41, 5.74) is 0. The van der Waals surface area contributed by atoms with Crippen LogP contribution in [0.15, 0.2) is 0 Å². The van der Waals surface area contributed by atoms with Gasteiger partial charge in [-0.25, -0.2) is 0 Å². The van der Waals surface area contributed by atoms with Gasteiger partial charge in [-0.2, -0.15) is 0 Å². The van der Waals surface area contributed by atoms with Crippen LogP contribution in [0.5, 0.6) is 0 Å². The fourth-order valence-corrected chi connectivity index (χ4v) is 0. The summed E-state index contributed by atoms with van der Waals surface area (Å²) in [5, 5.41) is 13.6. The summed E-state index contributed by atoms with van der Waals surface area (Å²) < 4.78 is 0. The lowest BCUT2D eigenvalue weighted by Crippen LogP contribution is -1.81. The maximum absolute atomic E-state index is 8.36. The fourth-order valence-electron chi connectivity index (χ4n) is 0. The Morgan fingerprint density at radius 1 is 1.43 bits per heavy atom. The van der Waals surface area contributed by atoms with Gasteiger partial charge < -0.3 is 17.5 Å². The largest absolute Gasteiger partial charge is 0.344 e. The molecule has 7 heavy (non-hydrogen) atoms. The molecule has 0 rings (SSSR count). The Morgan fingerprint density at radius 2 is 1.43 bits per heavy atom. The smallest absolute Gasteiger partial charge is 0.291 e. The lowest BCUT2D eigenvalue weighted by molar-refractivity contribution is -0.742. The fraction of sp³-hybridized carbons (Fsp3) is 0. The third-order valence-electron chi connectivity index (χ3n) is 0. The van der Waals surface area contributed by atoms with Gasteiger partial charge in [0.25, 0.3) is 5.09 Å². The summed E-state index contributed by atoms with van der Waals surface area (Å²) in [5.74, 6) is 0. The first-order chi connectivity index (χ1) is 1.73. The van der Waals surface area contributed by atoms with E-state index < -0.39 is 5.09 Å². The van der Waals surface area contributed by atoms with Crippen molar-refractivity contribution in [1.82, 2.24) is 12.3 Å². The van der Waals surface area contributed by atoms with E-state index in [0.717, 1.165) is 0 Å². The van der Waals surface area contributed by atoms with Crippen molar-refractivity contribution in [2.45, 2.75) is 0 Å². The van der Waals surface area contributed by atoms with Gasteiger partial charge >= 0.3 is 0 Å². The van der Waals surface area contributed by atoms with Crippen molar-refractivity contribution >= 4 is 12.4 Å². The predicted octanol–water partition coefficient (Wildman–Crippen LogP) is 0.398. The van der Waals surface area contributed by atoms with Crippen LogP contribution in [0.1, 0.15) is 0 Å². The molecule has 6 nitrogen and oxygen atoms in total. The standard InChI is InChI=1S/ClH.HNO3.2H3N/c;2-1(3)4;;/h1H;(H,2,3,4);2*1H3. The van der Waals surface area contributed by atoms with E-state index >= 15 is 0 Å². The molecule has 0 unspecified atom stereocenters. The molecule has 0 aliphatic carbocycles. The molecule has 0 heterocycles. The van der Waals surface area contributed by atoms with Crippen LogP contribution in [0, 0.1) is 10.1 Å². The molecule has 0 aliphatic heterocycles. The van der Waals surface area contributed by atoms with Crippen LogP contribution in [0.2, 0.25) is 0 Å². The Labute approximate surface area is 46.2 Å². The van der Waals surface area contributed by atoms with Crippen LogP contribution < -0.4 is 12.3 Å². The molecule has 0 aromatic carbocycles. The van der Waals surface area contributed by atoms with Gasteiger partial charge in [-0.3, -0.25) is 0 Å². The van der Waals surface area contributed by atoms with Crippen molar-refractivity contribution in [2.24, 2.45) is 0 Å². The normalized spacial score (nSPS) is 3.43. The number of hydrogen-bond acceptors (Lipinski definition) is 4. The van der Waals surface area contributed by atoms with Crippen LogP contribution in [0.25, 0.3) is 0 Å². The van der Waals surface area contributed by atoms with E-state index in [4.69, 9.17) is 15.3 Å². The zero-order valence-electron chi connectivity index (χ0n) is 3.53. The minimum Gasteiger partial charge on any atom is -0.344 e. The van der Waals surface area contributed by atoms with Gasteiger partial charge in [-0.15, -0.1) is 22.5 Å². The van der Waals surface area contributed by atoms with Crippen molar-refractivity contribution in [2.75, 3.05) is 0 Å². The first kappa shape index (κ1) is 32.3. The van der Waals surface area contributed by atoms with Gasteiger partial charge in [0.1, 0.15) is 0 Å². The zero-order chi connectivity index (χ0) is 3.58. The first-order valence-corrected chi connectivity index (χ1v) is 0.565. The molecule has 0 fully saturated rings. The van der Waals surface area contributed by atoms with Crippen LogP contribution >= 0.6 is 12.4 Å². The second kappa shape index (κ2) is 18.1. The zero-order valence-corrected chi connectivity index (χ0v) is 4.35. The summed E-state index contributed by atoms with van der Waals surface area (Å²) in [6.07, 6.45) is 0. The van der Waals surface area contributed by atoms with E-state index in [9.17, 15) is 0 Å². The molecule has 0 spiro atoms. The maximum Gasteiger partial charge on any atom is 0.291 e. The summed E-state index contributed by atoms with van der Waals surface area (Å²) in [6.45, 7) is 0. The molecule has 0 saturated heterocycles. The Kier molecular flexibility index (Phi) is 83.6. The van der Waals surface area contributed by atoms with Crippen molar-refractivity contribution in [1.29, 1.82) is 0 Å². The number of halogens is 1.